The summed E-state index contributed by atoms with van der Waals surface area (Å²) in [6, 6.07) is 8.68. The molecule has 2 fully saturated rings. The van der Waals surface area contributed by atoms with Crippen molar-refractivity contribution in [3.8, 4) is 11.4 Å². The third-order valence-electron chi connectivity index (χ3n) is 6.72. The molecule has 0 amide bonds. The van der Waals surface area contributed by atoms with E-state index in [1.165, 1.54) is 24.9 Å². The highest BCUT2D eigenvalue weighted by atomic mass is 35.5. The van der Waals surface area contributed by atoms with Crippen LogP contribution in [0, 0.1) is 0 Å². The summed E-state index contributed by atoms with van der Waals surface area (Å²) in [6.07, 6.45) is 5.97. The Morgan fingerprint density at radius 2 is 1.65 bits per heavy atom. The SMILES string of the molecule is Clc1nc(-c2ccc(N3CCCCC3)cc2)nc2c1CCN2CCCN1CCOCC1. The van der Waals surface area contributed by atoms with Gasteiger partial charge in [-0.05, 0) is 56.4 Å². The number of halogens is 1. The third kappa shape index (κ3) is 4.81. The van der Waals surface area contributed by atoms with E-state index in [-0.39, 0.29) is 0 Å². The molecule has 2 aromatic rings. The van der Waals surface area contributed by atoms with Gasteiger partial charge in [-0.1, -0.05) is 11.6 Å². The first-order chi connectivity index (χ1) is 15.3. The lowest BCUT2D eigenvalue weighted by atomic mass is 10.1. The molecular formula is C24H32ClN5O. The molecular weight excluding hydrogens is 410 g/mol. The summed E-state index contributed by atoms with van der Waals surface area (Å²) in [5.41, 5.74) is 3.42. The van der Waals surface area contributed by atoms with Gasteiger partial charge in [0.15, 0.2) is 5.82 Å². The molecule has 166 valence electrons. The van der Waals surface area contributed by atoms with Gasteiger partial charge in [0.2, 0.25) is 0 Å². The molecule has 0 bridgehead atoms. The average Bonchev–Trinajstić information content (AvgIpc) is 3.24. The molecule has 0 aliphatic carbocycles. The molecule has 6 nitrogen and oxygen atoms in total. The molecule has 2 saturated heterocycles. The number of ether oxygens (including phenoxy) is 1. The minimum absolute atomic E-state index is 0.607. The van der Waals surface area contributed by atoms with Crippen molar-refractivity contribution in [1.29, 1.82) is 0 Å². The molecule has 7 heteroatoms. The fourth-order valence-electron chi connectivity index (χ4n) is 4.90. The van der Waals surface area contributed by atoms with Crippen molar-refractivity contribution in [3.63, 3.8) is 0 Å². The number of aromatic nitrogens is 2. The van der Waals surface area contributed by atoms with Crippen LogP contribution in [0.5, 0.6) is 0 Å². The number of fused-ring (bicyclic) bond motifs is 1. The van der Waals surface area contributed by atoms with Crippen molar-refractivity contribution in [2.45, 2.75) is 32.1 Å². The largest absolute Gasteiger partial charge is 0.379 e. The maximum Gasteiger partial charge on any atom is 0.163 e. The summed E-state index contributed by atoms with van der Waals surface area (Å²) < 4.78 is 5.45. The monoisotopic (exact) mass is 441 g/mol. The lowest BCUT2D eigenvalue weighted by Crippen LogP contribution is -2.38. The second-order valence-electron chi connectivity index (χ2n) is 8.78. The molecule has 0 radical (unpaired) electrons. The van der Waals surface area contributed by atoms with Crippen molar-refractivity contribution in [2.75, 3.05) is 68.8 Å². The van der Waals surface area contributed by atoms with Crippen LogP contribution in [0.1, 0.15) is 31.2 Å². The highest BCUT2D eigenvalue weighted by molar-refractivity contribution is 6.30. The zero-order valence-corrected chi connectivity index (χ0v) is 19.0. The van der Waals surface area contributed by atoms with E-state index in [9.17, 15) is 0 Å². The first-order valence-corrected chi connectivity index (χ1v) is 12.1. The second-order valence-corrected chi connectivity index (χ2v) is 9.14. The van der Waals surface area contributed by atoms with E-state index in [2.05, 4.69) is 43.9 Å². The number of hydrogen-bond acceptors (Lipinski definition) is 6. The van der Waals surface area contributed by atoms with E-state index in [0.29, 0.717) is 5.15 Å². The second kappa shape index (κ2) is 9.72. The average molecular weight is 442 g/mol. The zero-order valence-electron chi connectivity index (χ0n) is 18.2. The Morgan fingerprint density at radius 3 is 2.42 bits per heavy atom. The van der Waals surface area contributed by atoms with Crippen molar-refractivity contribution in [3.05, 3.63) is 35.0 Å². The van der Waals surface area contributed by atoms with Gasteiger partial charge in [0.05, 0.1) is 13.2 Å². The molecule has 4 heterocycles. The number of nitrogens with zero attached hydrogens (tertiary/aromatic N) is 5. The van der Waals surface area contributed by atoms with E-state index in [0.717, 1.165) is 94.6 Å². The van der Waals surface area contributed by atoms with Gasteiger partial charge in [0.25, 0.3) is 0 Å². The molecule has 31 heavy (non-hydrogen) atoms. The van der Waals surface area contributed by atoms with E-state index < -0.39 is 0 Å². The Labute approximate surface area is 190 Å². The lowest BCUT2D eigenvalue weighted by molar-refractivity contribution is 0.0376. The number of morpholine rings is 1. The summed E-state index contributed by atoms with van der Waals surface area (Å²) in [5, 5.41) is 0.607. The topological polar surface area (TPSA) is 44.7 Å². The Bertz CT molecular complexity index is 878. The summed E-state index contributed by atoms with van der Waals surface area (Å²) in [5.74, 6) is 1.76. The predicted octanol–water partition coefficient (Wildman–Crippen LogP) is 3.87. The van der Waals surface area contributed by atoms with Crippen molar-refractivity contribution in [2.24, 2.45) is 0 Å². The Morgan fingerprint density at radius 1 is 0.871 bits per heavy atom. The summed E-state index contributed by atoms with van der Waals surface area (Å²) in [6.45, 7) is 9.20. The van der Waals surface area contributed by atoms with Crippen molar-refractivity contribution in [1.82, 2.24) is 14.9 Å². The Balaban J connectivity index is 1.27. The maximum absolute atomic E-state index is 6.59. The van der Waals surface area contributed by atoms with Gasteiger partial charge in [-0.25, -0.2) is 9.97 Å². The van der Waals surface area contributed by atoms with Gasteiger partial charge in [-0.3, -0.25) is 4.90 Å². The van der Waals surface area contributed by atoms with Crippen molar-refractivity contribution >= 4 is 23.1 Å². The number of rotatable bonds is 6. The Kier molecular flexibility index (Phi) is 6.58. The molecule has 1 aromatic heterocycles. The fraction of sp³-hybridized carbons (Fsp3) is 0.583. The molecule has 3 aliphatic heterocycles. The molecule has 0 unspecified atom stereocenters. The van der Waals surface area contributed by atoms with E-state index in [1.54, 1.807) is 0 Å². The third-order valence-corrected chi connectivity index (χ3v) is 7.03. The van der Waals surface area contributed by atoms with E-state index in [4.69, 9.17) is 21.3 Å². The first-order valence-electron chi connectivity index (χ1n) is 11.7. The van der Waals surface area contributed by atoms with Gasteiger partial charge < -0.3 is 14.5 Å². The minimum atomic E-state index is 0.607. The van der Waals surface area contributed by atoms with Crippen LogP contribution in [0.2, 0.25) is 5.15 Å². The van der Waals surface area contributed by atoms with Crippen molar-refractivity contribution < 1.29 is 4.74 Å². The van der Waals surface area contributed by atoms with E-state index >= 15 is 0 Å². The molecule has 0 N–H and O–H groups in total. The normalized spacial score (nSPS) is 19.6. The number of anilines is 2. The number of piperidine rings is 1. The maximum atomic E-state index is 6.59. The lowest BCUT2D eigenvalue weighted by Gasteiger charge is -2.28. The van der Waals surface area contributed by atoms with Crippen LogP contribution in [0.15, 0.2) is 24.3 Å². The highest BCUT2D eigenvalue weighted by Crippen LogP contribution is 2.33. The fourth-order valence-corrected chi connectivity index (χ4v) is 5.16. The Hall–Kier alpha value is -1.89. The smallest absolute Gasteiger partial charge is 0.163 e. The molecule has 5 rings (SSSR count). The number of benzene rings is 1. The quantitative estimate of drug-likeness (QED) is 0.634. The van der Waals surface area contributed by atoms with Crippen LogP contribution in [-0.4, -0.2) is 73.9 Å². The highest BCUT2D eigenvalue weighted by Gasteiger charge is 2.25. The van der Waals surface area contributed by atoms with Crippen LogP contribution in [-0.2, 0) is 11.2 Å². The molecule has 0 atom stereocenters. The van der Waals surface area contributed by atoms with Gasteiger partial charge in [0, 0.05) is 62.6 Å². The van der Waals surface area contributed by atoms with Gasteiger partial charge >= 0.3 is 0 Å². The predicted molar refractivity (Wildman–Crippen MR) is 126 cm³/mol. The van der Waals surface area contributed by atoms with Crippen LogP contribution < -0.4 is 9.80 Å². The zero-order chi connectivity index (χ0) is 21.0. The minimum Gasteiger partial charge on any atom is -0.379 e. The summed E-state index contributed by atoms with van der Waals surface area (Å²) in [7, 11) is 0. The van der Waals surface area contributed by atoms with Crippen LogP contribution in [0.25, 0.3) is 11.4 Å². The van der Waals surface area contributed by atoms with Gasteiger partial charge in [-0.2, -0.15) is 0 Å². The van der Waals surface area contributed by atoms with E-state index in [1.807, 2.05) is 0 Å². The van der Waals surface area contributed by atoms with Gasteiger partial charge in [0.1, 0.15) is 11.0 Å². The standard InChI is InChI=1S/C24H32ClN5O/c25-22-21-9-14-30(13-4-10-28-15-17-31-18-16-28)24(21)27-23(26-22)19-5-7-20(8-6-19)29-11-2-1-3-12-29/h5-8H,1-4,9-18H2. The van der Waals surface area contributed by atoms with Crippen LogP contribution in [0.3, 0.4) is 0 Å². The molecule has 0 saturated carbocycles. The van der Waals surface area contributed by atoms with Crippen LogP contribution in [0.4, 0.5) is 11.5 Å². The molecule has 3 aliphatic rings. The number of hydrogen-bond donors (Lipinski definition) is 0. The summed E-state index contributed by atoms with van der Waals surface area (Å²) >= 11 is 6.59. The van der Waals surface area contributed by atoms with Crippen LogP contribution >= 0.6 is 11.6 Å². The van der Waals surface area contributed by atoms with Gasteiger partial charge in [-0.15, -0.1) is 0 Å². The first kappa shape index (κ1) is 21.0. The summed E-state index contributed by atoms with van der Waals surface area (Å²) in [4.78, 5) is 16.9. The molecule has 0 spiro atoms. The molecule has 1 aromatic carbocycles.